The fourth-order valence-corrected chi connectivity index (χ4v) is 3.32. The summed E-state index contributed by atoms with van der Waals surface area (Å²) in [6.45, 7) is 4.42. The molecule has 0 spiro atoms. The number of amides is 1. The molecule has 0 aliphatic carbocycles. The number of carbonyl (C=O) groups is 1. The van der Waals surface area contributed by atoms with Gasteiger partial charge in [0.15, 0.2) is 0 Å². The van der Waals surface area contributed by atoms with Crippen molar-refractivity contribution >= 4 is 33.1 Å². The Kier molecular flexibility index (Phi) is 3.84. The van der Waals surface area contributed by atoms with Crippen LogP contribution >= 0.6 is 11.3 Å². The maximum absolute atomic E-state index is 11.0. The fraction of sp³-hybridized carbons (Fsp3) is 0.429. The molecule has 6 heteroatoms. The van der Waals surface area contributed by atoms with Crippen LogP contribution in [-0.2, 0) is 9.53 Å². The second kappa shape index (κ2) is 5.76. The molecule has 1 amide bonds. The Morgan fingerprint density at radius 1 is 1.60 bits per heavy atom. The molecule has 1 unspecified atom stereocenters. The molecule has 3 heterocycles. The third kappa shape index (κ3) is 2.76. The zero-order valence-electron chi connectivity index (χ0n) is 11.3. The van der Waals surface area contributed by atoms with Gasteiger partial charge in [-0.3, -0.25) is 9.78 Å². The first-order valence-corrected chi connectivity index (χ1v) is 7.55. The first kappa shape index (κ1) is 13.3. The summed E-state index contributed by atoms with van der Waals surface area (Å²) in [6.07, 6.45) is 1.89. The van der Waals surface area contributed by atoms with Crippen molar-refractivity contribution in [2.24, 2.45) is 0 Å². The summed E-state index contributed by atoms with van der Waals surface area (Å²) < 4.78 is 6.92. The summed E-state index contributed by atoms with van der Waals surface area (Å²) in [5, 5.41) is 4.88. The molecule has 5 nitrogen and oxygen atoms in total. The van der Waals surface area contributed by atoms with Gasteiger partial charge in [0.05, 0.1) is 28.6 Å². The summed E-state index contributed by atoms with van der Waals surface area (Å²) in [5.74, 6) is -0.0183. The van der Waals surface area contributed by atoms with Gasteiger partial charge in [0, 0.05) is 32.8 Å². The smallest absolute Gasteiger partial charge is 0.216 e. The monoisotopic (exact) mass is 291 g/mol. The Morgan fingerprint density at radius 3 is 3.35 bits per heavy atom. The molecule has 0 aromatic carbocycles. The SMILES string of the molecule is CC(=O)NCC1CN(c2ccnc3ccsc23)CCO1. The number of hydrogen-bond acceptors (Lipinski definition) is 5. The zero-order chi connectivity index (χ0) is 13.9. The standard InChI is InChI=1S/C14H17N3O2S/c1-10(18)16-8-11-9-17(5-6-19-11)13-2-4-15-12-3-7-20-14(12)13/h2-4,7,11H,5-6,8-9H2,1H3,(H,16,18). The Morgan fingerprint density at radius 2 is 2.50 bits per heavy atom. The summed E-state index contributed by atoms with van der Waals surface area (Å²) in [6, 6.07) is 4.10. The lowest BCUT2D eigenvalue weighted by molar-refractivity contribution is -0.119. The molecule has 2 aromatic heterocycles. The van der Waals surface area contributed by atoms with Crippen LogP contribution in [0.4, 0.5) is 5.69 Å². The predicted octanol–water partition coefficient (Wildman–Crippen LogP) is 1.64. The van der Waals surface area contributed by atoms with Crippen molar-refractivity contribution in [3.05, 3.63) is 23.7 Å². The molecular weight excluding hydrogens is 274 g/mol. The molecule has 1 N–H and O–H groups in total. The molecule has 20 heavy (non-hydrogen) atoms. The van der Waals surface area contributed by atoms with Crippen LogP contribution in [0.25, 0.3) is 10.2 Å². The lowest BCUT2D eigenvalue weighted by atomic mass is 10.2. The quantitative estimate of drug-likeness (QED) is 0.934. The lowest BCUT2D eigenvalue weighted by Gasteiger charge is -2.34. The molecule has 1 fully saturated rings. The van der Waals surface area contributed by atoms with E-state index in [0.717, 1.165) is 18.6 Å². The Balaban J connectivity index is 1.76. The number of aromatic nitrogens is 1. The van der Waals surface area contributed by atoms with E-state index in [2.05, 4.69) is 26.6 Å². The van der Waals surface area contributed by atoms with Crippen LogP contribution in [-0.4, -0.2) is 43.2 Å². The predicted molar refractivity (Wildman–Crippen MR) is 80.3 cm³/mol. The molecule has 0 saturated carbocycles. The second-order valence-electron chi connectivity index (χ2n) is 4.84. The summed E-state index contributed by atoms with van der Waals surface area (Å²) in [7, 11) is 0. The minimum Gasteiger partial charge on any atom is -0.373 e. The van der Waals surface area contributed by atoms with E-state index in [0.29, 0.717) is 13.2 Å². The number of nitrogens with one attached hydrogen (secondary N) is 1. The van der Waals surface area contributed by atoms with E-state index in [-0.39, 0.29) is 12.0 Å². The average Bonchev–Trinajstić information content (AvgIpc) is 2.93. The minimum atomic E-state index is -0.0183. The first-order valence-electron chi connectivity index (χ1n) is 6.67. The molecular formula is C14H17N3O2S. The van der Waals surface area contributed by atoms with Crippen LogP contribution in [0.15, 0.2) is 23.7 Å². The maximum atomic E-state index is 11.0. The third-order valence-corrected chi connectivity index (χ3v) is 4.31. The summed E-state index contributed by atoms with van der Waals surface area (Å²) in [5.41, 5.74) is 2.25. The molecule has 106 valence electrons. The van der Waals surface area contributed by atoms with E-state index in [1.54, 1.807) is 11.3 Å². The van der Waals surface area contributed by atoms with E-state index in [1.807, 2.05) is 12.3 Å². The van der Waals surface area contributed by atoms with E-state index < -0.39 is 0 Å². The van der Waals surface area contributed by atoms with Gasteiger partial charge in [0.2, 0.25) is 5.91 Å². The highest BCUT2D eigenvalue weighted by Gasteiger charge is 2.22. The van der Waals surface area contributed by atoms with Crippen molar-refractivity contribution in [1.29, 1.82) is 0 Å². The van der Waals surface area contributed by atoms with E-state index in [1.165, 1.54) is 17.3 Å². The average molecular weight is 291 g/mol. The van der Waals surface area contributed by atoms with Crippen molar-refractivity contribution < 1.29 is 9.53 Å². The molecule has 1 atom stereocenters. The number of nitrogens with zero attached hydrogens (tertiary/aromatic N) is 2. The Hall–Kier alpha value is -1.66. The maximum Gasteiger partial charge on any atom is 0.216 e. The normalized spacial score (nSPS) is 19.2. The van der Waals surface area contributed by atoms with Crippen molar-refractivity contribution in [3.63, 3.8) is 0 Å². The Bertz CT molecular complexity index is 613. The molecule has 0 radical (unpaired) electrons. The molecule has 1 saturated heterocycles. The van der Waals surface area contributed by atoms with Crippen molar-refractivity contribution in [3.8, 4) is 0 Å². The number of morpholine rings is 1. The second-order valence-corrected chi connectivity index (χ2v) is 5.76. The van der Waals surface area contributed by atoms with Crippen LogP contribution in [0.2, 0.25) is 0 Å². The fourth-order valence-electron chi connectivity index (χ4n) is 2.43. The van der Waals surface area contributed by atoms with Crippen LogP contribution in [0, 0.1) is 0 Å². The highest BCUT2D eigenvalue weighted by Crippen LogP contribution is 2.30. The van der Waals surface area contributed by atoms with Gasteiger partial charge < -0.3 is 15.0 Å². The highest BCUT2D eigenvalue weighted by molar-refractivity contribution is 7.17. The number of rotatable bonds is 3. The largest absolute Gasteiger partial charge is 0.373 e. The number of ether oxygens (including phenoxy) is 1. The molecule has 2 aromatic rings. The summed E-state index contributed by atoms with van der Waals surface area (Å²) in [4.78, 5) is 17.7. The van der Waals surface area contributed by atoms with Gasteiger partial charge in [0.25, 0.3) is 0 Å². The van der Waals surface area contributed by atoms with Crippen LogP contribution in [0.5, 0.6) is 0 Å². The minimum absolute atomic E-state index is 0.0183. The van der Waals surface area contributed by atoms with Gasteiger partial charge in [-0.2, -0.15) is 0 Å². The van der Waals surface area contributed by atoms with Gasteiger partial charge in [-0.25, -0.2) is 0 Å². The van der Waals surface area contributed by atoms with Crippen molar-refractivity contribution in [2.45, 2.75) is 13.0 Å². The highest BCUT2D eigenvalue weighted by atomic mass is 32.1. The molecule has 0 bridgehead atoms. The molecule has 3 rings (SSSR count). The molecule has 1 aliphatic rings. The van der Waals surface area contributed by atoms with Crippen molar-refractivity contribution in [1.82, 2.24) is 10.3 Å². The van der Waals surface area contributed by atoms with E-state index in [4.69, 9.17) is 4.74 Å². The van der Waals surface area contributed by atoms with Gasteiger partial charge in [0.1, 0.15) is 0 Å². The number of anilines is 1. The lowest BCUT2D eigenvalue weighted by Crippen LogP contribution is -2.47. The Labute approximate surface area is 121 Å². The van der Waals surface area contributed by atoms with Crippen LogP contribution in [0.1, 0.15) is 6.92 Å². The van der Waals surface area contributed by atoms with Crippen LogP contribution < -0.4 is 10.2 Å². The summed E-state index contributed by atoms with van der Waals surface area (Å²) >= 11 is 1.71. The van der Waals surface area contributed by atoms with Gasteiger partial charge >= 0.3 is 0 Å². The topological polar surface area (TPSA) is 54.5 Å². The number of carbonyl (C=O) groups excluding carboxylic acids is 1. The van der Waals surface area contributed by atoms with Crippen LogP contribution in [0.3, 0.4) is 0 Å². The number of pyridine rings is 1. The number of hydrogen-bond donors (Lipinski definition) is 1. The van der Waals surface area contributed by atoms with E-state index in [9.17, 15) is 4.79 Å². The van der Waals surface area contributed by atoms with Crippen molar-refractivity contribution in [2.75, 3.05) is 31.1 Å². The third-order valence-electron chi connectivity index (χ3n) is 3.38. The molecule has 1 aliphatic heterocycles. The van der Waals surface area contributed by atoms with Gasteiger partial charge in [-0.05, 0) is 17.5 Å². The van der Waals surface area contributed by atoms with Gasteiger partial charge in [-0.15, -0.1) is 11.3 Å². The number of thiophene rings is 1. The van der Waals surface area contributed by atoms with Gasteiger partial charge in [-0.1, -0.05) is 0 Å². The number of fused-ring (bicyclic) bond motifs is 1. The first-order chi connectivity index (χ1) is 9.74. The zero-order valence-corrected chi connectivity index (χ0v) is 12.2. The van der Waals surface area contributed by atoms with E-state index >= 15 is 0 Å².